The Morgan fingerprint density at radius 2 is 2.18 bits per heavy atom. The van der Waals surface area contributed by atoms with Gasteiger partial charge in [0.25, 0.3) is 5.91 Å². The fraction of sp³-hybridized carbons (Fsp3) is 0.273. The molecule has 0 radical (unpaired) electrons. The molecule has 0 saturated carbocycles. The van der Waals surface area contributed by atoms with Crippen molar-refractivity contribution in [1.29, 1.82) is 5.41 Å². The van der Waals surface area contributed by atoms with E-state index in [-0.39, 0.29) is 25.2 Å². The quantitative estimate of drug-likeness (QED) is 0.582. The molecule has 0 spiro atoms. The lowest BCUT2D eigenvalue weighted by Crippen LogP contribution is -2.15. The van der Waals surface area contributed by atoms with Crippen LogP contribution in [0.25, 0.3) is 0 Å². The van der Waals surface area contributed by atoms with Crippen LogP contribution in [0.4, 0.5) is 8.78 Å². The van der Waals surface area contributed by atoms with Gasteiger partial charge in [-0.25, -0.2) is 8.78 Å². The molecule has 0 aliphatic heterocycles. The van der Waals surface area contributed by atoms with Crippen molar-refractivity contribution in [2.24, 2.45) is 5.73 Å². The number of halogens is 2. The van der Waals surface area contributed by atoms with Gasteiger partial charge >= 0.3 is 0 Å². The van der Waals surface area contributed by atoms with Crippen LogP contribution in [0.5, 0.6) is 0 Å². The molecule has 0 heterocycles. The van der Waals surface area contributed by atoms with Crippen LogP contribution < -0.4 is 5.73 Å². The summed E-state index contributed by atoms with van der Waals surface area (Å²) in [5.41, 5.74) is 4.49. The Labute approximate surface area is 96.9 Å². The van der Waals surface area contributed by atoms with Crippen LogP contribution in [0, 0.1) is 17.0 Å². The molecule has 0 unspecified atom stereocenters. The van der Waals surface area contributed by atoms with E-state index in [1.165, 1.54) is 0 Å². The number of benzene rings is 1. The molecule has 1 amide bonds. The number of carbonyl (C=O) groups excluding carboxylic acids is 1. The second kappa shape index (κ2) is 6.05. The lowest BCUT2D eigenvalue weighted by atomic mass is 10.1. The molecule has 1 aromatic carbocycles. The first-order valence-corrected chi connectivity index (χ1v) is 4.90. The molecule has 92 valence electrons. The minimum absolute atomic E-state index is 0.0313. The molecule has 0 fully saturated rings. The highest BCUT2D eigenvalue weighted by atomic mass is 19.1. The highest BCUT2D eigenvalue weighted by molar-refractivity contribution is 5.93. The highest BCUT2D eigenvalue weighted by Gasteiger charge is 2.14. The topological polar surface area (TPSA) is 76.2 Å². The van der Waals surface area contributed by atoms with Crippen LogP contribution in [-0.2, 0) is 11.2 Å². The zero-order valence-corrected chi connectivity index (χ0v) is 9.00. The molecule has 0 aromatic heterocycles. The van der Waals surface area contributed by atoms with Gasteiger partial charge in [-0.2, -0.15) is 0 Å². The number of nitrogens with two attached hydrogens (primary N) is 1. The van der Waals surface area contributed by atoms with E-state index in [4.69, 9.17) is 15.9 Å². The Morgan fingerprint density at radius 1 is 1.47 bits per heavy atom. The lowest BCUT2D eigenvalue weighted by Gasteiger charge is -2.07. The van der Waals surface area contributed by atoms with Crippen LogP contribution in [-0.4, -0.2) is 25.3 Å². The van der Waals surface area contributed by atoms with Crippen molar-refractivity contribution in [3.63, 3.8) is 0 Å². The number of rotatable bonds is 6. The molecule has 0 aliphatic rings. The Morgan fingerprint density at radius 3 is 2.76 bits per heavy atom. The normalized spacial score (nSPS) is 10.2. The second-order valence-electron chi connectivity index (χ2n) is 3.32. The molecule has 6 heteroatoms. The summed E-state index contributed by atoms with van der Waals surface area (Å²) in [6, 6.07) is 1.76. The SMILES string of the molecule is N=CCOCCc1cc(F)cc(C(N)=O)c1F. The van der Waals surface area contributed by atoms with Gasteiger partial charge in [-0.1, -0.05) is 0 Å². The van der Waals surface area contributed by atoms with Crippen molar-refractivity contribution < 1.29 is 18.3 Å². The maximum Gasteiger partial charge on any atom is 0.251 e. The lowest BCUT2D eigenvalue weighted by molar-refractivity contribution is 0.0995. The summed E-state index contributed by atoms with van der Waals surface area (Å²) in [7, 11) is 0. The number of amides is 1. The van der Waals surface area contributed by atoms with Gasteiger partial charge in [-0.05, 0) is 24.1 Å². The predicted molar refractivity (Wildman–Crippen MR) is 58.2 cm³/mol. The molecule has 0 bridgehead atoms. The van der Waals surface area contributed by atoms with E-state index in [9.17, 15) is 13.6 Å². The molecule has 0 atom stereocenters. The standard InChI is InChI=1S/C11H12F2N2O2/c12-8-5-7(1-3-17-4-2-14)10(13)9(6-8)11(15)16/h2,5-6,14H,1,3-4H2,(H2,15,16). The maximum atomic E-state index is 13.6. The van der Waals surface area contributed by atoms with E-state index < -0.39 is 23.1 Å². The average molecular weight is 242 g/mol. The van der Waals surface area contributed by atoms with Crippen molar-refractivity contribution in [2.75, 3.05) is 13.2 Å². The molecular formula is C11H12F2N2O2. The van der Waals surface area contributed by atoms with Gasteiger partial charge in [-0.15, -0.1) is 0 Å². The summed E-state index contributed by atoms with van der Waals surface area (Å²) in [4.78, 5) is 10.9. The third-order valence-electron chi connectivity index (χ3n) is 2.10. The van der Waals surface area contributed by atoms with E-state index in [1.54, 1.807) is 0 Å². The second-order valence-corrected chi connectivity index (χ2v) is 3.32. The number of primary amides is 1. The van der Waals surface area contributed by atoms with Crippen molar-refractivity contribution in [1.82, 2.24) is 0 Å². The van der Waals surface area contributed by atoms with Crippen molar-refractivity contribution in [2.45, 2.75) is 6.42 Å². The van der Waals surface area contributed by atoms with Crippen LogP contribution in [0.3, 0.4) is 0 Å². The minimum Gasteiger partial charge on any atom is -0.375 e. The summed E-state index contributed by atoms with van der Waals surface area (Å²) in [5.74, 6) is -2.55. The van der Waals surface area contributed by atoms with Gasteiger partial charge in [-0.3, -0.25) is 4.79 Å². The first kappa shape index (κ1) is 13.2. The minimum atomic E-state index is -1.01. The molecular weight excluding hydrogens is 230 g/mol. The van der Waals surface area contributed by atoms with Crippen LogP contribution in [0.2, 0.25) is 0 Å². The fourth-order valence-electron chi connectivity index (χ4n) is 1.33. The van der Waals surface area contributed by atoms with E-state index in [1.807, 2.05) is 0 Å². The number of hydrogen-bond acceptors (Lipinski definition) is 3. The van der Waals surface area contributed by atoms with Gasteiger partial charge in [0.05, 0.1) is 18.8 Å². The monoisotopic (exact) mass is 242 g/mol. The molecule has 0 saturated heterocycles. The fourth-order valence-corrected chi connectivity index (χ4v) is 1.33. The van der Waals surface area contributed by atoms with E-state index in [2.05, 4.69) is 0 Å². The van der Waals surface area contributed by atoms with Crippen LogP contribution >= 0.6 is 0 Å². The maximum absolute atomic E-state index is 13.6. The smallest absolute Gasteiger partial charge is 0.251 e. The zero-order valence-electron chi connectivity index (χ0n) is 9.00. The number of carbonyl (C=O) groups is 1. The van der Waals surface area contributed by atoms with Crippen LogP contribution in [0.1, 0.15) is 15.9 Å². The Kier molecular flexibility index (Phi) is 4.71. The zero-order chi connectivity index (χ0) is 12.8. The number of ether oxygens (including phenoxy) is 1. The van der Waals surface area contributed by atoms with Crippen LogP contribution in [0.15, 0.2) is 12.1 Å². The predicted octanol–water partition coefficient (Wildman–Crippen LogP) is 1.27. The Balaban J connectivity index is 2.84. The van der Waals surface area contributed by atoms with Gasteiger partial charge in [0.2, 0.25) is 0 Å². The summed E-state index contributed by atoms with van der Waals surface area (Å²) >= 11 is 0. The van der Waals surface area contributed by atoms with Crippen molar-refractivity contribution in [3.8, 4) is 0 Å². The summed E-state index contributed by atoms with van der Waals surface area (Å²) in [6.45, 7) is 0.244. The van der Waals surface area contributed by atoms with E-state index >= 15 is 0 Å². The van der Waals surface area contributed by atoms with Gasteiger partial charge < -0.3 is 15.9 Å². The van der Waals surface area contributed by atoms with E-state index in [0.29, 0.717) is 0 Å². The molecule has 1 rings (SSSR count). The third-order valence-corrected chi connectivity index (χ3v) is 2.10. The summed E-state index contributed by atoms with van der Waals surface area (Å²) in [5, 5.41) is 6.71. The van der Waals surface area contributed by atoms with Crippen molar-refractivity contribution in [3.05, 3.63) is 34.9 Å². The third kappa shape index (κ3) is 3.60. The average Bonchev–Trinajstić information content (AvgIpc) is 2.28. The first-order chi connectivity index (χ1) is 8.06. The molecule has 17 heavy (non-hydrogen) atoms. The first-order valence-electron chi connectivity index (χ1n) is 4.90. The Hall–Kier alpha value is -1.82. The molecule has 1 aromatic rings. The van der Waals surface area contributed by atoms with Gasteiger partial charge in [0, 0.05) is 6.21 Å². The summed E-state index contributed by atoms with van der Waals surface area (Å²) < 4.78 is 31.7. The van der Waals surface area contributed by atoms with Gasteiger partial charge in [0.1, 0.15) is 11.6 Å². The largest absolute Gasteiger partial charge is 0.375 e. The molecule has 0 aliphatic carbocycles. The number of hydrogen-bond donors (Lipinski definition) is 2. The van der Waals surface area contributed by atoms with Crippen molar-refractivity contribution >= 4 is 12.1 Å². The molecule has 4 nitrogen and oxygen atoms in total. The number of nitrogens with one attached hydrogen (secondary N) is 1. The Bertz CT molecular complexity index is 436. The summed E-state index contributed by atoms with van der Waals surface area (Å²) in [6.07, 6.45) is 1.16. The van der Waals surface area contributed by atoms with E-state index in [0.717, 1.165) is 18.3 Å². The molecule has 3 N–H and O–H groups in total. The van der Waals surface area contributed by atoms with Gasteiger partial charge in [0.15, 0.2) is 0 Å². The highest BCUT2D eigenvalue weighted by Crippen LogP contribution is 2.16.